The lowest BCUT2D eigenvalue weighted by atomic mass is 10.0. The maximum Gasteiger partial charge on any atom is 0.407 e. The number of hydrogen-bond acceptors (Lipinski definition) is 6. The number of carboxylic acid groups (broad SMARTS) is 1. The number of amides is 1. The van der Waals surface area contributed by atoms with Crippen LogP contribution in [0.2, 0.25) is 0 Å². The molecular formula is C24H30F2N4O5. The Labute approximate surface area is 200 Å². The van der Waals surface area contributed by atoms with Crippen LogP contribution >= 0.6 is 0 Å². The number of hydrogen-bond donors (Lipinski definition) is 3. The largest absolute Gasteiger partial charge is 0.477 e. The molecule has 0 radical (unpaired) electrons. The van der Waals surface area contributed by atoms with Crippen molar-refractivity contribution in [2.24, 2.45) is 5.92 Å². The maximum absolute atomic E-state index is 15.9. The quantitative estimate of drug-likeness (QED) is 0.544. The Kier molecular flexibility index (Phi) is 6.14. The minimum Gasteiger partial charge on any atom is -0.477 e. The van der Waals surface area contributed by atoms with Gasteiger partial charge < -0.3 is 30.4 Å². The van der Waals surface area contributed by atoms with Crippen molar-refractivity contribution in [3.63, 3.8) is 0 Å². The van der Waals surface area contributed by atoms with Gasteiger partial charge in [-0.1, -0.05) is 0 Å². The molecule has 2 aromatic rings. The fourth-order valence-corrected chi connectivity index (χ4v) is 4.63. The number of anilines is 2. The molecule has 2 atom stereocenters. The smallest absolute Gasteiger partial charge is 0.407 e. The van der Waals surface area contributed by atoms with Gasteiger partial charge in [0.15, 0.2) is 11.6 Å². The number of rotatable bonds is 5. The first-order chi connectivity index (χ1) is 16.3. The summed E-state index contributed by atoms with van der Waals surface area (Å²) in [4.78, 5) is 38.0. The first-order valence-corrected chi connectivity index (χ1v) is 11.6. The van der Waals surface area contributed by atoms with Crippen LogP contribution in [0, 0.1) is 17.6 Å². The summed E-state index contributed by atoms with van der Waals surface area (Å²) in [5.41, 5.74) is 2.64. The highest BCUT2D eigenvalue weighted by atomic mass is 19.1. The Balaban J connectivity index is 1.70. The predicted octanol–water partition coefficient (Wildman–Crippen LogP) is 3.63. The molecule has 1 saturated carbocycles. The van der Waals surface area contributed by atoms with Crippen molar-refractivity contribution >= 4 is 34.3 Å². The van der Waals surface area contributed by atoms with E-state index >= 15 is 8.78 Å². The number of alkyl carbamates (subject to hydrolysis) is 1. The van der Waals surface area contributed by atoms with Crippen molar-refractivity contribution in [3.8, 4) is 0 Å². The standard InChI is InChI=1S/C24H30F2N4O5/c1-11(28-23(34)35-24(2,3)4)12-7-8-29(9-12)20-16(25)18(27)15-19(17(20)26)30(13-5-6-13)10-14(21(15)31)22(32)33/h10-13H,5-9,27H2,1-4H3,(H,28,34)(H,32,33)/t11-,12+/m1/s1. The van der Waals surface area contributed by atoms with Gasteiger partial charge in [-0.05, 0) is 52.9 Å². The predicted molar refractivity (Wildman–Crippen MR) is 127 cm³/mol. The van der Waals surface area contributed by atoms with Gasteiger partial charge >= 0.3 is 12.1 Å². The number of nitrogen functional groups attached to an aromatic ring is 1. The monoisotopic (exact) mass is 492 g/mol. The zero-order valence-corrected chi connectivity index (χ0v) is 20.2. The molecule has 0 spiro atoms. The molecular weight excluding hydrogens is 462 g/mol. The molecule has 1 aliphatic carbocycles. The van der Waals surface area contributed by atoms with E-state index in [4.69, 9.17) is 10.5 Å². The third-order valence-electron chi connectivity index (χ3n) is 6.53. The van der Waals surface area contributed by atoms with E-state index < -0.39 is 51.4 Å². The van der Waals surface area contributed by atoms with Crippen LogP contribution < -0.4 is 21.4 Å². The first kappa shape index (κ1) is 24.7. The molecule has 2 aliphatic rings. The van der Waals surface area contributed by atoms with E-state index in [9.17, 15) is 19.5 Å². The zero-order valence-electron chi connectivity index (χ0n) is 20.2. The SMILES string of the molecule is C[C@@H](NC(=O)OC(C)(C)C)[C@H]1CCN(c2c(F)c(N)c3c(=O)c(C(=O)O)cn(C4CC4)c3c2F)C1. The van der Waals surface area contributed by atoms with Crippen molar-refractivity contribution in [2.75, 3.05) is 23.7 Å². The number of fused-ring (bicyclic) bond motifs is 1. The van der Waals surface area contributed by atoms with Gasteiger partial charge in [0.25, 0.3) is 0 Å². The number of ether oxygens (including phenoxy) is 1. The van der Waals surface area contributed by atoms with Gasteiger partial charge in [0.2, 0.25) is 5.43 Å². The van der Waals surface area contributed by atoms with Crippen molar-refractivity contribution in [3.05, 3.63) is 33.6 Å². The van der Waals surface area contributed by atoms with E-state index in [2.05, 4.69) is 5.32 Å². The molecule has 1 saturated heterocycles. The van der Waals surface area contributed by atoms with Gasteiger partial charge in [-0.2, -0.15) is 0 Å². The van der Waals surface area contributed by atoms with Gasteiger partial charge in [-0.25, -0.2) is 18.4 Å². The number of aromatic carboxylic acids is 1. The third-order valence-corrected chi connectivity index (χ3v) is 6.53. The lowest BCUT2D eigenvalue weighted by Crippen LogP contribution is -2.42. The number of carbonyl (C=O) groups excluding carboxylic acids is 1. The number of nitrogens with one attached hydrogen (secondary N) is 1. The van der Waals surface area contributed by atoms with Gasteiger partial charge in [-0.15, -0.1) is 0 Å². The van der Waals surface area contributed by atoms with Crippen LogP contribution in [0.1, 0.15) is 63.4 Å². The maximum atomic E-state index is 15.9. The summed E-state index contributed by atoms with van der Waals surface area (Å²) in [5.74, 6) is -3.63. The number of carbonyl (C=O) groups is 2. The van der Waals surface area contributed by atoms with E-state index in [0.29, 0.717) is 25.8 Å². The molecule has 0 bridgehead atoms. The number of nitrogens with two attached hydrogens (primary N) is 1. The second-order valence-electron chi connectivity index (χ2n) is 10.4. The molecule has 4 N–H and O–H groups in total. The number of carboxylic acids is 1. The van der Waals surface area contributed by atoms with E-state index in [-0.39, 0.29) is 35.8 Å². The molecule has 11 heteroatoms. The van der Waals surface area contributed by atoms with Crippen molar-refractivity contribution < 1.29 is 28.2 Å². The summed E-state index contributed by atoms with van der Waals surface area (Å²) in [5, 5.41) is 11.7. The summed E-state index contributed by atoms with van der Waals surface area (Å²) in [7, 11) is 0. The summed E-state index contributed by atoms with van der Waals surface area (Å²) < 4.78 is 38.0. The molecule has 2 fully saturated rings. The third kappa shape index (κ3) is 4.63. The number of benzene rings is 1. The second kappa shape index (κ2) is 8.69. The topological polar surface area (TPSA) is 127 Å². The lowest BCUT2D eigenvalue weighted by Gasteiger charge is -2.26. The van der Waals surface area contributed by atoms with Crippen LogP contribution in [0.15, 0.2) is 11.0 Å². The molecule has 1 aromatic heterocycles. The van der Waals surface area contributed by atoms with E-state index in [1.807, 2.05) is 0 Å². The molecule has 190 valence electrons. The van der Waals surface area contributed by atoms with Gasteiger partial charge in [-0.3, -0.25) is 4.79 Å². The van der Waals surface area contributed by atoms with Crippen LogP contribution in [-0.4, -0.2) is 46.5 Å². The molecule has 2 heterocycles. The molecule has 1 amide bonds. The van der Waals surface area contributed by atoms with Gasteiger partial charge in [0.05, 0.1) is 16.6 Å². The average Bonchev–Trinajstić information content (AvgIpc) is 3.47. The van der Waals surface area contributed by atoms with Crippen LogP contribution in [0.3, 0.4) is 0 Å². The number of pyridine rings is 1. The Morgan fingerprint density at radius 3 is 2.46 bits per heavy atom. The van der Waals surface area contributed by atoms with Crippen LogP contribution in [0.4, 0.5) is 25.0 Å². The van der Waals surface area contributed by atoms with Gasteiger partial charge in [0.1, 0.15) is 16.9 Å². The van der Waals surface area contributed by atoms with Gasteiger partial charge in [0, 0.05) is 31.4 Å². The summed E-state index contributed by atoms with van der Waals surface area (Å²) >= 11 is 0. The second-order valence-corrected chi connectivity index (χ2v) is 10.4. The summed E-state index contributed by atoms with van der Waals surface area (Å²) in [6, 6.07) is -0.505. The number of halogens is 2. The van der Waals surface area contributed by atoms with Crippen molar-refractivity contribution in [2.45, 2.75) is 64.6 Å². The minimum absolute atomic E-state index is 0.113. The lowest BCUT2D eigenvalue weighted by molar-refractivity contribution is 0.0494. The highest BCUT2D eigenvalue weighted by molar-refractivity contribution is 5.99. The Morgan fingerprint density at radius 1 is 1.23 bits per heavy atom. The molecule has 1 aromatic carbocycles. The number of aromatic nitrogens is 1. The molecule has 1 aliphatic heterocycles. The Morgan fingerprint density at radius 2 is 1.89 bits per heavy atom. The fourth-order valence-electron chi connectivity index (χ4n) is 4.63. The van der Waals surface area contributed by atoms with E-state index in [0.717, 1.165) is 6.20 Å². The normalized spacial score (nSPS) is 19.1. The van der Waals surface area contributed by atoms with Crippen molar-refractivity contribution in [1.82, 2.24) is 9.88 Å². The van der Waals surface area contributed by atoms with E-state index in [1.54, 1.807) is 27.7 Å². The average molecular weight is 493 g/mol. The molecule has 9 nitrogen and oxygen atoms in total. The fraction of sp³-hybridized carbons (Fsp3) is 0.542. The first-order valence-electron chi connectivity index (χ1n) is 11.6. The molecule has 4 rings (SSSR count). The molecule has 0 unspecified atom stereocenters. The van der Waals surface area contributed by atoms with Crippen LogP contribution in [0.5, 0.6) is 0 Å². The minimum atomic E-state index is -1.48. The van der Waals surface area contributed by atoms with E-state index in [1.165, 1.54) is 9.47 Å². The Hall–Kier alpha value is -3.37. The summed E-state index contributed by atoms with van der Waals surface area (Å²) in [6.07, 6.45) is 2.47. The highest BCUT2D eigenvalue weighted by Gasteiger charge is 2.36. The zero-order chi connectivity index (χ0) is 25.8. The molecule has 35 heavy (non-hydrogen) atoms. The van der Waals surface area contributed by atoms with Crippen LogP contribution in [-0.2, 0) is 4.74 Å². The number of nitrogens with zero attached hydrogens (tertiary/aromatic N) is 2. The van der Waals surface area contributed by atoms with Crippen LogP contribution in [0.25, 0.3) is 10.9 Å². The Bertz CT molecular complexity index is 1270. The van der Waals surface area contributed by atoms with Crippen molar-refractivity contribution in [1.29, 1.82) is 0 Å². The highest BCUT2D eigenvalue weighted by Crippen LogP contribution is 2.42. The summed E-state index contributed by atoms with van der Waals surface area (Å²) in [6.45, 7) is 7.62.